The number of rotatable bonds is 11. The zero-order valence-electron chi connectivity index (χ0n) is 12.7. The lowest BCUT2D eigenvalue weighted by Gasteiger charge is -2.15. The second-order valence-electron chi connectivity index (χ2n) is 4.54. The van der Waals surface area contributed by atoms with E-state index in [1.165, 1.54) is 19.8 Å². The molecule has 0 saturated heterocycles. The molecule has 0 saturated carbocycles. The van der Waals surface area contributed by atoms with Crippen molar-refractivity contribution in [3.8, 4) is 0 Å². The van der Waals surface area contributed by atoms with Gasteiger partial charge in [-0.3, -0.25) is 0 Å². The van der Waals surface area contributed by atoms with Crippen molar-refractivity contribution in [2.45, 2.75) is 38.4 Å². The lowest BCUT2D eigenvalue weighted by atomic mass is 10.1. The third-order valence-corrected chi connectivity index (χ3v) is 2.91. The fourth-order valence-electron chi connectivity index (χ4n) is 1.77. The Balaban J connectivity index is 2.33. The molecule has 0 spiro atoms. The van der Waals surface area contributed by atoms with Gasteiger partial charge in [0.05, 0.1) is 6.61 Å². The zero-order valence-corrected chi connectivity index (χ0v) is 12.7. The van der Waals surface area contributed by atoms with Gasteiger partial charge in [-0.1, -0.05) is 19.8 Å². The number of hydrogen-bond acceptors (Lipinski definition) is 7. The largest absolute Gasteiger partial charge is 0.479 e. The Morgan fingerprint density at radius 2 is 2.18 bits per heavy atom. The Labute approximate surface area is 128 Å². The van der Waals surface area contributed by atoms with E-state index in [1.54, 1.807) is 0 Å². The minimum Gasteiger partial charge on any atom is -0.479 e. The van der Waals surface area contributed by atoms with Gasteiger partial charge in [0.1, 0.15) is 18.6 Å². The molecule has 8 heteroatoms. The van der Waals surface area contributed by atoms with Crippen LogP contribution in [0.15, 0.2) is 17.1 Å². The molecule has 0 bridgehead atoms. The van der Waals surface area contributed by atoms with Crippen molar-refractivity contribution in [2.75, 3.05) is 20.3 Å². The molecule has 124 valence electrons. The van der Waals surface area contributed by atoms with Crippen molar-refractivity contribution in [1.82, 2.24) is 4.98 Å². The minimum atomic E-state index is -1.02. The number of oxazole rings is 1. The molecule has 1 N–H and O–H groups in total. The highest BCUT2D eigenvalue weighted by Gasteiger charge is 2.24. The lowest BCUT2D eigenvalue weighted by molar-refractivity contribution is -0.160. The molecule has 1 aromatic heterocycles. The number of methoxy groups -OCH3 is 1. The number of ether oxygens (including phenoxy) is 3. The predicted molar refractivity (Wildman–Crippen MR) is 74.1 cm³/mol. The Hall–Kier alpha value is -1.93. The van der Waals surface area contributed by atoms with E-state index in [-0.39, 0.29) is 13.2 Å². The third-order valence-electron chi connectivity index (χ3n) is 2.91. The van der Waals surface area contributed by atoms with Crippen molar-refractivity contribution in [3.63, 3.8) is 0 Å². The van der Waals surface area contributed by atoms with Crippen LogP contribution < -0.4 is 0 Å². The average Bonchev–Trinajstić information content (AvgIpc) is 3.01. The van der Waals surface area contributed by atoms with Crippen LogP contribution in [0.25, 0.3) is 0 Å². The van der Waals surface area contributed by atoms with Crippen molar-refractivity contribution < 1.29 is 33.3 Å². The number of carboxylic acid groups (broad SMARTS) is 1. The first kappa shape index (κ1) is 18.1. The Kier molecular flexibility index (Phi) is 8.16. The van der Waals surface area contributed by atoms with Crippen molar-refractivity contribution in [1.29, 1.82) is 0 Å². The van der Waals surface area contributed by atoms with Gasteiger partial charge >= 0.3 is 11.9 Å². The van der Waals surface area contributed by atoms with Gasteiger partial charge in [0.2, 0.25) is 0 Å². The molecule has 0 aliphatic carbocycles. The van der Waals surface area contributed by atoms with Crippen LogP contribution in [0.1, 0.15) is 38.0 Å². The summed E-state index contributed by atoms with van der Waals surface area (Å²) >= 11 is 0. The fourth-order valence-corrected chi connectivity index (χ4v) is 1.77. The molecular formula is C14H21NO7. The number of aliphatic carboxylic acids is 1. The Bertz CT molecular complexity index is 446. The van der Waals surface area contributed by atoms with E-state index in [4.69, 9.17) is 23.7 Å². The number of carbonyl (C=O) groups excluding carboxylic acids is 1. The molecule has 1 rings (SSSR count). The number of hydrogen-bond donors (Lipinski definition) is 1. The summed E-state index contributed by atoms with van der Waals surface area (Å²) in [6.07, 6.45) is 2.69. The second kappa shape index (κ2) is 9.91. The molecule has 1 aromatic rings. The van der Waals surface area contributed by atoms with Gasteiger partial charge < -0.3 is 23.7 Å². The first-order valence-corrected chi connectivity index (χ1v) is 7.02. The SMILES string of the molecule is CCCC[C@H](OCCOC(=O)[C@@H](OC)c1cocn1)C(=O)O. The van der Waals surface area contributed by atoms with E-state index in [0.29, 0.717) is 12.1 Å². The molecule has 0 radical (unpaired) electrons. The molecule has 0 fully saturated rings. The average molecular weight is 315 g/mol. The van der Waals surface area contributed by atoms with E-state index in [2.05, 4.69) is 4.98 Å². The first-order valence-electron chi connectivity index (χ1n) is 7.02. The van der Waals surface area contributed by atoms with E-state index in [0.717, 1.165) is 12.8 Å². The maximum atomic E-state index is 11.8. The monoisotopic (exact) mass is 315 g/mol. The molecular weight excluding hydrogens is 294 g/mol. The zero-order chi connectivity index (χ0) is 16.4. The van der Waals surface area contributed by atoms with Crippen LogP contribution in [0.5, 0.6) is 0 Å². The predicted octanol–water partition coefficient (Wildman–Crippen LogP) is 1.57. The van der Waals surface area contributed by atoms with E-state index < -0.39 is 24.1 Å². The second-order valence-corrected chi connectivity index (χ2v) is 4.54. The summed E-state index contributed by atoms with van der Waals surface area (Å²) in [5, 5.41) is 8.99. The number of carbonyl (C=O) groups is 2. The van der Waals surface area contributed by atoms with Crippen LogP contribution in [0, 0.1) is 0 Å². The van der Waals surface area contributed by atoms with E-state index >= 15 is 0 Å². The summed E-state index contributed by atoms with van der Waals surface area (Å²) in [5.74, 6) is -1.66. The van der Waals surface area contributed by atoms with Gasteiger partial charge in [-0.2, -0.15) is 0 Å². The van der Waals surface area contributed by atoms with Gasteiger partial charge in [-0.05, 0) is 6.42 Å². The Morgan fingerprint density at radius 1 is 1.41 bits per heavy atom. The van der Waals surface area contributed by atoms with Crippen LogP contribution >= 0.6 is 0 Å². The highest BCUT2D eigenvalue weighted by Crippen LogP contribution is 2.16. The molecule has 2 atom stereocenters. The molecule has 22 heavy (non-hydrogen) atoms. The third kappa shape index (κ3) is 5.82. The summed E-state index contributed by atoms with van der Waals surface area (Å²) in [7, 11) is 1.35. The van der Waals surface area contributed by atoms with Crippen molar-refractivity contribution in [2.24, 2.45) is 0 Å². The smallest absolute Gasteiger partial charge is 0.341 e. The highest BCUT2D eigenvalue weighted by atomic mass is 16.6. The summed E-state index contributed by atoms with van der Waals surface area (Å²) in [5.41, 5.74) is 0.305. The van der Waals surface area contributed by atoms with Crippen LogP contribution in [0.4, 0.5) is 0 Å². The van der Waals surface area contributed by atoms with Crippen LogP contribution in [0.3, 0.4) is 0 Å². The maximum Gasteiger partial charge on any atom is 0.341 e. The van der Waals surface area contributed by atoms with E-state index in [1.807, 2.05) is 6.92 Å². The van der Waals surface area contributed by atoms with Gasteiger partial charge in [-0.25, -0.2) is 14.6 Å². The van der Waals surface area contributed by atoms with Crippen LogP contribution in [-0.2, 0) is 23.8 Å². The standard InChI is InChI=1S/C14H21NO7/c1-3-4-5-11(13(16)17)21-6-7-22-14(18)12(19-2)10-8-20-9-15-10/h8-9,11-12H,3-7H2,1-2H3,(H,16,17)/t11-,12-/m0/s1. The molecule has 0 aromatic carbocycles. The molecule has 0 unspecified atom stereocenters. The van der Waals surface area contributed by atoms with Gasteiger partial charge in [0.25, 0.3) is 0 Å². The number of nitrogens with zero attached hydrogens (tertiary/aromatic N) is 1. The maximum absolute atomic E-state index is 11.8. The quantitative estimate of drug-likeness (QED) is 0.484. The fraction of sp³-hybridized carbons (Fsp3) is 0.643. The Morgan fingerprint density at radius 3 is 2.73 bits per heavy atom. The number of aromatic nitrogens is 1. The summed E-state index contributed by atoms with van der Waals surface area (Å²) in [6, 6.07) is 0. The van der Waals surface area contributed by atoms with Gasteiger partial charge in [-0.15, -0.1) is 0 Å². The molecule has 0 amide bonds. The number of carboxylic acids is 1. The molecule has 0 aliphatic heterocycles. The minimum absolute atomic E-state index is 0.00166. The van der Waals surface area contributed by atoms with Crippen LogP contribution in [-0.4, -0.2) is 48.5 Å². The summed E-state index contributed by atoms with van der Waals surface area (Å²) in [4.78, 5) is 26.6. The van der Waals surface area contributed by atoms with Crippen molar-refractivity contribution in [3.05, 3.63) is 18.4 Å². The van der Waals surface area contributed by atoms with E-state index in [9.17, 15) is 9.59 Å². The molecule has 1 heterocycles. The van der Waals surface area contributed by atoms with Crippen LogP contribution in [0.2, 0.25) is 0 Å². The van der Waals surface area contributed by atoms with Gasteiger partial charge in [0.15, 0.2) is 18.6 Å². The lowest BCUT2D eigenvalue weighted by Crippen LogP contribution is -2.27. The normalized spacial score (nSPS) is 13.5. The molecule has 8 nitrogen and oxygen atoms in total. The van der Waals surface area contributed by atoms with Gasteiger partial charge in [0, 0.05) is 7.11 Å². The first-order chi connectivity index (χ1) is 10.6. The molecule has 0 aliphatic rings. The highest BCUT2D eigenvalue weighted by molar-refractivity contribution is 5.75. The number of esters is 1. The summed E-state index contributed by atoms with van der Waals surface area (Å²) in [6.45, 7) is 1.91. The summed E-state index contributed by atoms with van der Waals surface area (Å²) < 4.78 is 20.0. The van der Waals surface area contributed by atoms with Crippen molar-refractivity contribution >= 4 is 11.9 Å². The topological polar surface area (TPSA) is 108 Å². The number of unbranched alkanes of at least 4 members (excludes halogenated alkanes) is 1.